The van der Waals surface area contributed by atoms with Crippen LogP contribution in [0.1, 0.15) is 49.4 Å². The van der Waals surface area contributed by atoms with Crippen molar-refractivity contribution in [3.8, 4) is 11.5 Å². The molecule has 0 atom stereocenters. The van der Waals surface area contributed by atoms with E-state index in [-0.39, 0.29) is 22.8 Å². The third-order valence-corrected chi connectivity index (χ3v) is 2.89. The van der Waals surface area contributed by atoms with Crippen molar-refractivity contribution >= 4 is 11.8 Å². The Morgan fingerprint density at radius 3 is 2.55 bits per heavy atom. The summed E-state index contributed by atoms with van der Waals surface area (Å²) in [5.74, 6) is -1.15. The van der Waals surface area contributed by atoms with Crippen molar-refractivity contribution in [2.45, 2.75) is 39.0 Å². The molecule has 2 N–H and O–H groups in total. The van der Waals surface area contributed by atoms with Crippen molar-refractivity contribution in [3.05, 3.63) is 23.8 Å². The van der Waals surface area contributed by atoms with Gasteiger partial charge in [0.05, 0.1) is 5.56 Å². The Balaban J connectivity index is 2.58. The fraction of sp³-hybridized carbons (Fsp3) is 0.467. The van der Waals surface area contributed by atoms with Crippen molar-refractivity contribution in [2.24, 2.45) is 0 Å². The summed E-state index contributed by atoms with van der Waals surface area (Å²) in [6.07, 6.45) is 4.42. The van der Waals surface area contributed by atoms with E-state index in [1.807, 2.05) is 0 Å². The van der Waals surface area contributed by atoms with E-state index < -0.39 is 12.6 Å². The predicted molar refractivity (Wildman–Crippen MR) is 74.3 cm³/mol. The Kier molecular flexibility index (Phi) is 6.56. The van der Waals surface area contributed by atoms with Gasteiger partial charge in [0.1, 0.15) is 11.5 Å². The van der Waals surface area contributed by atoms with Gasteiger partial charge in [0.2, 0.25) is 0 Å². The number of phenols is 1. The zero-order chi connectivity index (χ0) is 15.0. The zero-order valence-corrected chi connectivity index (χ0v) is 11.6. The molecule has 5 nitrogen and oxygen atoms in total. The van der Waals surface area contributed by atoms with Gasteiger partial charge in [-0.15, -0.1) is 0 Å². The Morgan fingerprint density at radius 2 is 1.95 bits per heavy atom. The first-order valence-electron chi connectivity index (χ1n) is 6.75. The lowest BCUT2D eigenvalue weighted by Gasteiger charge is -2.07. The second-order valence-corrected chi connectivity index (χ2v) is 4.60. The molecule has 0 spiro atoms. The number of unbranched alkanes of at least 4 members (excludes halogenated alkanes) is 3. The van der Waals surface area contributed by atoms with Crippen molar-refractivity contribution in [1.29, 1.82) is 0 Å². The number of aromatic hydroxyl groups is 1. The van der Waals surface area contributed by atoms with Crippen LogP contribution in [0.25, 0.3) is 0 Å². The van der Waals surface area contributed by atoms with E-state index in [1.54, 1.807) is 0 Å². The summed E-state index contributed by atoms with van der Waals surface area (Å²) in [7, 11) is 0. The first kappa shape index (κ1) is 16.0. The lowest BCUT2D eigenvalue weighted by atomic mass is 10.0. The number of benzene rings is 1. The van der Waals surface area contributed by atoms with E-state index in [9.17, 15) is 14.7 Å². The number of carboxylic acid groups (broad SMARTS) is 1. The van der Waals surface area contributed by atoms with E-state index in [1.165, 1.54) is 18.2 Å². The number of hydrogen-bond donors (Lipinski definition) is 2. The van der Waals surface area contributed by atoms with E-state index in [0.717, 1.165) is 25.7 Å². The van der Waals surface area contributed by atoms with E-state index >= 15 is 0 Å². The molecule has 0 heterocycles. The van der Waals surface area contributed by atoms with Gasteiger partial charge in [0.15, 0.2) is 12.4 Å². The van der Waals surface area contributed by atoms with Crippen LogP contribution >= 0.6 is 0 Å². The molecule has 0 saturated carbocycles. The highest BCUT2D eigenvalue weighted by molar-refractivity contribution is 5.98. The van der Waals surface area contributed by atoms with Crippen molar-refractivity contribution in [1.82, 2.24) is 0 Å². The second kappa shape index (κ2) is 8.19. The molecule has 0 bridgehead atoms. The summed E-state index contributed by atoms with van der Waals surface area (Å²) < 4.78 is 4.93. The number of aliphatic carboxylic acids is 1. The highest BCUT2D eigenvalue weighted by atomic mass is 16.5. The minimum absolute atomic E-state index is 0.108. The quantitative estimate of drug-likeness (QED) is 0.536. The summed E-state index contributed by atoms with van der Waals surface area (Å²) >= 11 is 0. The monoisotopic (exact) mass is 280 g/mol. The van der Waals surface area contributed by atoms with Crippen LogP contribution in [0.3, 0.4) is 0 Å². The Hall–Kier alpha value is -2.04. The van der Waals surface area contributed by atoms with Gasteiger partial charge in [-0.1, -0.05) is 26.2 Å². The molecule has 0 aliphatic rings. The molecule has 5 heteroatoms. The second-order valence-electron chi connectivity index (χ2n) is 4.60. The van der Waals surface area contributed by atoms with E-state index in [2.05, 4.69) is 6.92 Å². The molecule has 1 aromatic rings. The van der Waals surface area contributed by atoms with Gasteiger partial charge in [-0.05, 0) is 18.6 Å². The maximum Gasteiger partial charge on any atom is 0.341 e. The first-order chi connectivity index (χ1) is 9.54. The van der Waals surface area contributed by atoms with Crippen LogP contribution in [-0.2, 0) is 4.79 Å². The van der Waals surface area contributed by atoms with E-state index in [4.69, 9.17) is 9.84 Å². The van der Waals surface area contributed by atoms with Crippen LogP contribution in [0.4, 0.5) is 0 Å². The summed E-state index contributed by atoms with van der Waals surface area (Å²) in [5.41, 5.74) is 0.254. The molecular weight excluding hydrogens is 260 g/mol. The number of carbonyl (C=O) groups is 2. The molecule has 0 saturated heterocycles. The number of ether oxygens (including phenoxy) is 1. The van der Waals surface area contributed by atoms with Crippen molar-refractivity contribution in [3.63, 3.8) is 0 Å². The van der Waals surface area contributed by atoms with E-state index in [0.29, 0.717) is 6.42 Å². The molecule has 0 aliphatic carbocycles. The van der Waals surface area contributed by atoms with Crippen LogP contribution in [0.2, 0.25) is 0 Å². The molecule has 0 unspecified atom stereocenters. The number of hydrogen-bond acceptors (Lipinski definition) is 4. The molecule has 0 fully saturated rings. The fourth-order valence-corrected chi connectivity index (χ4v) is 1.83. The van der Waals surface area contributed by atoms with Crippen LogP contribution in [0.15, 0.2) is 18.2 Å². The maximum atomic E-state index is 11.9. The lowest BCUT2D eigenvalue weighted by molar-refractivity contribution is -0.139. The molecule has 0 amide bonds. The largest absolute Gasteiger partial charge is 0.507 e. The maximum absolute atomic E-state index is 11.9. The molecule has 1 aromatic carbocycles. The number of Topliss-reactive ketones (excluding diaryl/α,β-unsaturated/α-hetero) is 1. The zero-order valence-electron chi connectivity index (χ0n) is 11.6. The lowest BCUT2D eigenvalue weighted by Crippen LogP contribution is -2.09. The van der Waals surface area contributed by atoms with Crippen LogP contribution in [0.5, 0.6) is 11.5 Å². The Labute approximate surface area is 118 Å². The van der Waals surface area contributed by atoms with Crippen molar-refractivity contribution < 1.29 is 24.5 Å². The highest BCUT2D eigenvalue weighted by Gasteiger charge is 2.12. The number of rotatable bonds is 9. The standard InChI is InChI=1S/C15H20O5/c1-2-3-4-5-6-13(16)12-8-7-11(9-14(12)17)20-10-15(18)19/h7-9,17H,2-6,10H2,1H3,(H,18,19). The van der Waals surface area contributed by atoms with Gasteiger partial charge >= 0.3 is 5.97 Å². The van der Waals surface area contributed by atoms with Gasteiger partial charge in [-0.2, -0.15) is 0 Å². The van der Waals surface area contributed by atoms with Gasteiger partial charge in [0, 0.05) is 12.5 Å². The average molecular weight is 280 g/mol. The normalized spacial score (nSPS) is 10.2. The fourth-order valence-electron chi connectivity index (χ4n) is 1.83. The first-order valence-corrected chi connectivity index (χ1v) is 6.75. The number of carbonyl (C=O) groups excluding carboxylic acids is 1. The number of ketones is 1. The van der Waals surface area contributed by atoms with Crippen LogP contribution < -0.4 is 4.74 Å². The SMILES string of the molecule is CCCCCCC(=O)c1ccc(OCC(=O)O)cc1O. The van der Waals surface area contributed by atoms with Gasteiger partial charge in [-0.25, -0.2) is 4.79 Å². The number of phenolic OH excluding ortho intramolecular Hbond substituents is 1. The summed E-state index contributed by atoms with van der Waals surface area (Å²) in [5, 5.41) is 18.3. The van der Waals surface area contributed by atoms with Crippen molar-refractivity contribution in [2.75, 3.05) is 6.61 Å². The average Bonchev–Trinajstić information content (AvgIpc) is 2.41. The molecule has 0 aromatic heterocycles. The summed E-state index contributed by atoms with van der Waals surface area (Å²) in [6, 6.07) is 4.22. The summed E-state index contributed by atoms with van der Waals surface area (Å²) in [6.45, 7) is 1.62. The smallest absolute Gasteiger partial charge is 0.341 e. The molecule has 20 heavy (non-hydrogen) atoms. The highest BCUT2D eigenvalue weighted by Crippen LogP contribution is 2.25. The van der Waals surface area contributed by atoms with Gasteiger partial charge < -0.3 is 14.9 Å². The molecule has 0 aliphatic heterocycles. The van der Waals surface area contributed by atoms with Crippen LogP contribution in [-0.4, -0.2) is 28.6 Å². The molecule has 1 rings (SSSR count). The Morgan fingerprint density at radius 1 is 1.20 bits per heavy atom. The predicted octanol–water partition coefficient (Wildman–Crippen LogP) is 3.01. The minimum Gasteiger partial charge on any atom is -0.507 e. The topological polar surface area (TPSA) is 83.8 Å². The minimum atomic E-state index is -1.10. The van der Waals surface area contributed by atoms with Crippen LogP contribution in [0, 0.1) is 0 Å². The van der Waals surface area contributed by atoms with Gasteiger partial charge in [0.25, 0.3) is 0 Å². The van der Waals surface area contributed by atoms with Gasteiger partial charge in [-0.3, -0.25) is 4.79 Å². The number of carboxylic acids is 1. The summed E-state index contributed by atoms with van der Waals surface area (Å²) in [4.78, 5) is 22.3. The molecule has 0 radical (unpaired) electrons. The molecular formula is C15H20O5. The third kappa shape index (κ3) is 5.30. The Bertz CT molecular complexity index is 467. The molecule has 110 valence electrons. The third-order valence-electron chi connectivity index (χ3n) is 2.89.